The van der Waals surface area contributed by atoms with Crippen molar-refractivity contribution in [1.82, 2.24) is 0 Å². The lowest BCUT2D eigenvalue weighted by Gasteiger charge is -2.01. The molecule has 0 rings (SSSR count). The quantitative estimate of drug-likeness (QED) is 0.189. The standard InChI is InChI=1S/C5H7NO4/c1-3-5(7)10-4(2)6(8)9/h3-4H,1H2,2H3. The van der Waals surface area contributed by atoms with E-state index in [0.717, 1.165) is 6.08 Å². The van der Waals surface area contributed by atoms with E-state index >= 15 is 0 Å². The lowest BCUT2D eigenvalue weighted by molar-refractivity contribution is -0.562. The van der Waals surface area contributed by atoms with Crippen LogP contribution in [0.5, 0.6) is 0 Å². The van der Waals surface area contributed by atoms with E-state index in [1.807, 2.05) is 0 Å². The van der Waals surface area contributed by atoms with Crippen LogP contribution < -0.4 is 0 Å². The van der Waals surface area contributed by atoms with Gasteiger partial charge in [-0.2, -0.15) is 0 Å². The minimum Gasteiger partial charge on any atom is -0.395 e. The van der Waals surface area contributed by atoms with Gasteiger partial charge in [-0.15, -0.1) is 0 Å². The molecule has 0 aliphatic carbocycles. The number of hydrogen-bond donors (Lipinski definition) is 0. The summed E-state index contributed by atoms with van der Waals surface area (Å²) in [4.78, 5) is 19.4. The molecule has 5 heteroatoms. The van der Waals surface area contributed by atoms with Gasteiger partial charge in [0.05, 0.1) is 4.92 Å². The van der Waals surface area contributed by atoms with E-state index in [0.29, 0.717) is 0 Å². The molecule has 0 radical (unpaired) electrons. The first-order chi connectivity index (χ1) is 4.57. The maximum absolute atomic E-state index is 10.3. The highest BCUT2D eigenvalue weighted by molar-refractivity contribution is 5.81. The molecule has 0 aromatic rings. The molecule has 0 aromatic carbocycles. The molecule has 0 bridgehead atoms. The zero-order valence-corrected chi connectivity index (χ0v) is 5.44. The van der Waals surface area contributed by atoms with Gasteiger partial charge in [0.1, 0.15) is 0 Å². The van der Waals surface area contributed by atoms with Crippen LogP contribution in [0.2, 0.25) is 0 Å². The molecule has 0 aromatic heterocycles. The van der Waals surface area contributed by atoms with Gasteiger partial charge in [0.2, 0.25) is 0 Å². The fourth-order valence-corrected chi connectivity index (χ4v) is 0.259. The van der Waals surface area contributed by atoms with Crippen molar-refractivity contribution in [1.29, 1.82) is 0 Å². The molecule has 0 aliphatic heterocycles. The van der Waals surface area contributed by atoms with Gasteiger partial charge in [-0.25, -0.2) is 4.79 Å². The topological polar surface area (TPSA) is 69.4 Å². The highest BCUT2D eigenvalue weighted by Crippen LogP contribution is 1.91. The summed E-state index contributed by atoms with van der Waals surface area (Å²) in [7, 11) is 0. The number of nitro groups is 1. The maximum Gasteiger partial charge on any atom is 0.353 e. The number of esters is 1. The fourth-order valence-electron chi connectivity index (χ4n) is 0.259. The van der Waals surface area contributed by atoms with Crippen molar-refractivity contribution < 1.29 is 14.5 Å². The van der Waals surface area contributed by atoms with Gasteiger partial charge in [-0.05, 0) is 0 Å². The van der Waals surface area contributed by atoms with Crippen LogP contribution in [0.4, 0.5) is 0 Å². The number of nitrogens with zero attached hydrogens (tertiary/aromatic N) is 1. The minimum absolute atomic E-state index is 0.707. The van der Waals surface area contributed by atoms with Crippen molar-refractivity contribution in [2.24, 2.45) is 0 Å². The first-order valence-electron chi connectivity index (χ1n) is 2.54. The molecule has 0 N–H and O–H groups in total. The molecule has 0 heterocycles. The second-order valence-electron chi connectivity index (χ2n) is 1.53. The van der Waals surface area contributed by atoms with E-state index in [9.17, 15) is 14.9 Å². The van der Waals surface area contributed by atoms with E-state index < -0.39 is 17.1 Å². The van der Waals surface area contributed by atoms with Gasteiger partial charge in [0.25, 0.3) is 0 Å². The summed E-state index contributed by atoms with van der Waals surface area (Å²) < 4.78 is 4.20. The van der Waals surface area contributed by atoms with Crippen LogP contribution in [0, 0.1) is 10.1 Å². The van der Waals surface area contributed by atoms with E-state index in [1.54, 1.807) is 0 Å². The average molecular weight is 145 g/mol. The van der Waals surface area contributed by atoms with E-state index in [4.69, 9.17) is 0 Å². The van der Waals surface area contributed by atoms with Crippen LogP contribution in [0.25, 0.3) is 0 Å². The van der Waals surface area contributed by atoms with Crippen molar-refractivity contribution in [3.05, 3.63) is 22.8 Å². The molecule has 1 atom stereocenters. The number of carbonyl (C=O) groups excluding carboxylic acids is 1. The predicted molar refractivity (Wildman–Crippen MR) is 32.7 cm³/mol. The summed E-state index contributed by atoms with van der Waals surface area (Å²) in [6.45, 7) is 4.24. The summed E-state index contributed by atoms with van der Waals surface area (Å²) in [5, 5.41) is 9.84. The smallest absolute Gasteiger partial charge is 0.353 e. The zero-order chi connectivity index (χ0) is 8.15. The number of rotatable bonds is 3. The second kappa shape index (κ2) is 3.60. The molecule has 0 saturated carbocycles. The van der Waals surface area contributed by atoms with Crippen LogP contribution in [0.15, 0.2) is 12.7 Å². The Labute approximate surface area is 57.4 Å². The summed E-state index contributed by atoms with van der Waals surface area (Å²) >= 11 is 0. The van der Waals surface area contributed by atoms with Crippen LogP contribution in [0.1, 0.15) is 6.92 Å². The molecule has 0 spiro atoms. The Balaban J connectivity index is 3.79. The minimum atomic E-state index is -1.30. The Hall–Kier alpha value is -1.39. The summed E-state index contributed by atoms with van der Waals surface area (Å²) in [5.74, 6) is -0.788. The van der Waals surface area contributed by atoms with Gasteiger partial charge >= 0.3 is 12.2 Å². The first kappa shape index (κ1) is 8.61. The number of hydrogen-bond acceptors (Lipinski definition) is 4. The van der Waals surface area contributed by atoms with Crippen molar-refractivity contribution in [3.63, 3.8) is 0 Å². The summed E-state index contributed by atoms with van der Waals surface area (Å²) in [6, 6.07) is 0. The zero-order valence-electron chi connectivity index (χ0n) is 5.44. The third-order valence-corrected chi connectivity index (χ3v) is 0.750. The van der Waals surface area contributed by atoms with Gasteiger partial charge in [0, 0.05) is 13.0 Å². The molecule has 56 valence electrons. The third-order valence-electron chi connectivity index (χ3n) is 0.750. The summed E-state index contributed by atoms with van der Waals surface area (Å²) in [6.07, 6.45) is -0.425. The Kier molecular flexibility index (Phi) is 3.10. The molecule has 0 amide bonds. The van der Waals surface area contributed by atoms with Crippen molar-refractivity contribution in [3.8, 4) is 0 Å². The highest BCUT2D eigenvalue weighted by atomic mass is 16.7. The van der Waals surface area contributed by atoms with Crippen molar-refractivity contribution in [2.75, 3.05) is 0 Å². The summed E-state index contributed by atoms with van der Waals surface area (Å²) in [5.41, 5.74) is 0. The SMILES string of the molecule is C=CC(=O)OC(C)[N+](=O)[O-]. The third kappa shape index (κ3) is 2.81. The Morgan fingerprint density at radius 3 is 2.70 bits per heavy atom. The predicted octanol–water partition coefficient (Wildman–Crippen LogP) is 0.338. The normalized spacial score (nSPS) is 11.7. The molecule has 10 heavy (non-hydrogen) atoms. The molecular formula is C5H7NO4. The molecule has 0 aliphatic rings. The molecule has 5 nitrogen and oxygen atoms in total. The maximum atomic E-state index is 10.3. The van der Waals surface area contributed by atoms with E-state index in [-0.39, 0.29) is 0 Å². The van der Waals surface area contributed by atoms with Gasteiger partial charge in [0.15, 0.2) is 0 Å². The van der Waals surface area contributed by atoms with Gasteiger partial charge in [-0.1, -0.05) is 6.58 Å². The highest BCUT2D eigenvalue weighted by Gasteiger charge is 2.15. The lowest BCUT2D eigenvalue weighted by Crippen LogP contribution is -2.21. The Morgan fingerprint density at radius 1 is 1.90 bits per heavy atom. The number of carbonyl (C=O) groups is 1. The fraction of sp³-hybridized carbons (Fsp3) is 0.400. The van der Waals surface area contributed by atoms with Gasteiger partial charge in [-0.3, -0.25) is 10.1 Å². The Bertz CT molecular complexity index is 165. The Morgan fingerprint density at radius 2 is 2.40 bits per heavy atom. The van der Waals surface area contributed by atoms with Crippen LogP contribution in [-0.2, 0) is 9.53 Å². The molecule has 0 fully saturated rings. The first-order valence-corrected chi connectivity index (χ1v) is 2.54. The van der Waals surface area contributed by atoms with E-state index in [1.165, 1.54) is 6.92 Å². The molecular weight excluding hydrogens is 138 g/mol. The van der Waals surface area contributed by atoms with Crippen molar-refractivity contribution >= 4 is 5.97 Å². The van der Waals surface area contributed by atoms with Crippen LogP contribution in [0.3, 0.4) is 0 Å². The lowest BCUT2D eigenvalue weighted by atomic mass is 10.6. The van der Waals surface area contributed by atoms with E-state index in [2.05, 4.69) is 11.3 Å². The monoisotopic (exact) mass is 145 g/mol. The van der Waals surface area contributed by atoms with Crippen molar-refractivity contribution in [2.45, 2.75) is 13.2 Å². The van der Waals surface area contributed by atoms with Crippen LogP contribution >= 0.6 is 0 Å². The largest absolute Gasteiger partial charge is 0.395 e. The van der Waals surface area contributed by atoms with Crippen LogP contribution in [-0.4, -0.2) is 17.1 Å². The second-order valence-corrected chi connectivity index (χ2v) is 1.53. The molecule has 0 saturated heterocycles. The average Bonchev–Trinajstić information content (AvgIpc) is 1.87. The molecule has 1 unspecified atom stereocenters. The van der Waals surface area contributed by atoms with Gasteiger partial charge < -0.3 is 4.74 Å². The number of ether oxygens (including phenoxy) is 1.